The predicted molar refractivity (Wildman–Crippen MR) is 125 cm³/mol. The van der Waals surface area contributed by atoms with Gasteiger partial charge in [-0.1, -0.05) is 35.9 Å². The summed E-state index contributed by atoms with van der Waals surface area (Å²) in [4.78, 5) is 12.2. The molecule has 0 aliphatic carbocycles. The molecular weight excluding hydrogens is 407 g/mol. The first-order chi connectivity index (χ1) is 15.5. The quantitative estimate of drug-likeness (QED) is 0.213. The lowest BCUT2D eigenvalue weighted by Crippen LogP contribution is -2.01. The second-order valence-corrected chi connectivity index (χ2v) is 7.52. The van der Waals surface area contributed by atoms with Crippen LogP contribution in [0.5, 0.6) is 17.2 Å². The number of carbonyl (C=O) groups excluding carboxylic acids is 1. The molecule has 0 heterocycles. The highest BCUT2D eigenvalue weighted by Crippen LogP contribution is 2.44. The van der Waals surface area contributed by atoms with Crippen molar-refractivity contribution in [2.45, 2.75) is 20.3 Å². The molecule has 0 radical (unpaired) electrons. The first-order valence-corrected chi connectivity index (χ1v) is 10.3. The van der Waals surface area contributed by atoms with E-state index in [1.165, 1.54) is 24.8 Å². The molecule has 0 aliphatic heterocycles. The molecule has 0 atom stereocenters. The minimum Gasteiger partial charge on any atom is -0.496 e. The Hall–Kier alpha value is -3.60. The van der Waals surface area contributed by atoms with Gasteiger partial charge in [-0.3, -0.25) is 4.79 Å². The number of rotatable bonds is 9. The Morgan fingerprint density at radius 2 is 1.59 bits per heavy atom. The molecule has 0 aromatic heterocycles. The van der Waals surface area contributed by atoms with Gasteiger partial charge >= 0.3 is 0 Å². The summed E-state index contributed by atoms with van der Waals surface area (Å²) >= 11 is 0. The van der Waals surface area contributed by atoms with Gasteiger partial charge < -0.3 is 14.2 Å². The molecule has 0 fully saturated rings. The third-order valence-corrected chi connectivity index (χ3v) is 5.06. The lowest BCUT2D eigenvalue weighted by Gasteiger charge is -2.19. The number of hydrogen-bond acceptors (Lipinski definition) is 4. The summed E-state index contributed by atoms with van der Waals surface area (Å²) in [6, 6.07) is 15.3. The fourth-order valence-corrected chi connectivity index (χ4v) is 3.54. The number of methoxy groups -OCH3 is 2. The summed E-state index contributed by atoms with van der Waals surface area (Å²) in [6.07, 6.45) is 3.73. The minimum absolute atomic E-state index is 0.338. The molecule has 5 heteroatoms. The van der Waals surface area contributed by atoms with E-state index in [4.69, 9.17) is 14.2 Å². The monoisotopic (exact) mass is 434 g/mol. The van der Waals surface area contributed by atoms with Crippen molar-refractivity contribution in [1.82, 2.24) is 0 Å². The maximum Gasteiger partial charge on any atom is 0.154 e. The number of allylic oxidation sites excluding steroid dienone is 1. The smallest absolute Gasteiger partial charge is 0.154 e. The molecule has 0 spiro atoms. The van der Waals surface area contributed by atoms with Crippen molar-refractivity contribution < 1.29 is 23.4 Å². The second-order valence-electron chi connectivity index (χ2n) is 7.52. The normalized spacial score (nSPS) is 10.4. The third kappa shape index (κ3) is 5.17. The van der Waals surface area contributed by atoms with Crippen molar-refractivity contribution in [3.05, 3.63) is 77.6 Å². The van der Waals surface area contributed by atoms with Gasteiger partial charge in [-0.25, -0.2) is 4.39 Å². The van der Waals surface area contributed by atoms with E-state index >= 15 is 0 Å². The van der Waals surface area contributed by atoms with E-state index in [1.54, 1.807) is 25.3 Å². The van der Waals surface area contributed by atoms with Gasteiger partial charge in [0.05, 0.1) is 26.4 Å². The zero-order valence-corrected chi connectivity index (χ0v) is 18.8. The van der Waals surface area contributed by atoms with Crippen LogP contribution in [0, 0.1) is 5.82 Å². The third-order valence-electron chi connectivity index (χ3n) is 5.06. The van der Waals surface area contributed by atoms with Crippen LogP contribution in [0.3, 0.4) is 0 Å². The van der Waals surface area contributed by atoms with Crippen LogP contribution in [0.25, 0.3) is 22.3 Å². The highest BCUT2D eigenvalue weighted by molar-refractivity contribution is 5.98. The van der Waals surface area contributed by atoms with Crippen molar-refractivity contribution in [2.75, 3.05) is 20.8 Å². The largest absolute Gasteiger partial charge is 0.496 e. The average Bonchev–Trinajstić information content (AvgIpc) is 2.81. The standard InChI is InChI=1S/C27H27FO4/c1-18(2)6-5-15-32-22-13-9-20(10-14-22)26-24(17-29)27(31-4)23(16-25(26)30-3)19-7-11-21(28)12-8-19/h6-14,16-17H,5,15H2,1-4H3. The molecule has 0 unspecified atom stereocenters. The summed E-state index contributed by atoms with van der Waals surface area (Å²) in [6.45, 7) is 4.71. The van der Waals surface area contributed by atoms with Crippen LogP contribution in [-0.2, 0) is 0 Å². The molecule has 0 amide bonds. The van der Waals surface area contributed by atoms with Crippen LogP contribution in [0.15, 0.2) is 66.2 Å². The maximum atomic E-state index is 13.4. The highest BCUT2D eigenvalue weighted by atomic mass is 19.1. The zero-order chi connectivity index (χ0) is 23.1. The maximum absolute atomic E-state index is 13.4. The van der Waals surface area contributed by atoms with E-state index < -0.39 is 0 Å². The van der Waals surface area contributed by atoms with Gasteiger partial charge in [0.15, 0.2) is 6.29 Å². The molecule has 0 bridgehead atoms. The second kappa shape index (κ2) is 10.6. The van der Waals surface area contributed by atoms with Gasteiger partial charge in [0.2, 0.25) is 0 Å². The van der Waals surface area contributed by atoms with Crippen molar-refractivity contribution in [1.29, 1.82) is 0 Å². The van der Waals surface area contributed by atoms with Crippen molar-refractivity contribution >= 4 is 6.29 Å². The average molecular weight is 435 g/mol. The Labute approximate surface area is 188 Å². The molecule has 0 saturated heterocycles. The Kier molecular flexibility index (Phi) is 7.66. The summed E-state index contributed by atoms with van der Waals surface area (Å²) in [7, 11) is 3.06. The van der Waals surface area contributed by atoms with Gasteiger partial charge in [-0.2, -0.15) is 0 Å². The number of aldehydes is 1. The first-order valence-electron chi connectivity index (χ1n) is 10.3. The van der Waals surface area contributed by atoms with E-state index in [-0.39, 0.29) is 5.82 Å². The number of carbonyl (C=O) groups is 1. The zero-order valence-electron chi connectivity index (χ0n) is 18.8. The lowest BCUT2D eigenvalue weighted by molar-refractivity contribution is 0.112. The van der Waals surface area contributed by atoms with Crippen LogP contribution in [0.1, 0.15) is 30.6 Å². The Morgan fingerprint density at radius 1 is 0.938 bits per heavy atom. The fourth-order valence-electron chi connectivity index (χ4n) is 3.54. The minimum atomic E-state index is -0.338. The highest BCUT2D eigenvalue weighted by Gasteiger charge is 2.21. The van der Waals surface area contributed by atoms with Crippen LogP contribution in [0.2, 0.25) is 0 Å². The van der Waals surface area contributed by atoms with Gasteiger partial charge in [0.1, 0.15) is 23.1 Å². The summed E-state index contributed by atoms with van der Waals surface area (Å²) in [5.74, 6) is 1.33. The predicted octanol–water partition coefficient (Wildman–Crippen LogP) is 6.72. The van der Waals surface area contributed by atoms with Crippen LogP contribution in [0.4, 0.5) is 4.39 Å². The van der Waals surface area contributed by atoms with Crippen LogP contribution >= 0.6 is 0 Å². The Bertz CT molecular complexity index is 1100. The first kappa shape index (κ1) is 23.1. The van der Waals surface area contributed by atoms with Gasteiger partial charge in [-0.05, 0) is 61.7 Å². The fraction of sp³-hybridized carbons (Fsp3) is 0.222. The van der Waals surface area contributed by atoms with Crippen molar-refractivity contribution in [2.24, 2.45) is 0 Å². The van der Waals surface area contributed by atoms with Gasteiger partial charge in [0, 0.05) is 11.1 Å². The molecule has 0 aliphatic rings. The van der Waals surface area contributed by atoms with Crippen LogP contribution < -0.4 is 14.2 Å². The molecule has 3 aromatic carbocycles. The van der Waals surface area contributed by atoms with Gasteiger partial charge in [0.25, 0.3) is 0 Å². The molecule has 3 rings (SSSR count). The molecular formula is C27H27FO4. The molecule has 32 heavy (non-hydrogen) atoms. The van der Waals surface area contributed by atoms with E-state index in [0.29, 0.717) is 34.8 Å². The number of benzene rings is 3. The van der Waals surface area contributed by atoms with E-state index in [9.17, 15) is 9.18 Å². The number of ether oxygens (including phenoxy) is 3. The van der Waals surface area contributed by atoms with Crippen molar-refractivity contribution in [3.8, 4) is 39.5 Å². The van der Waals surface area contributed by atoms with E-state index in [2.05, 4.69) is 19.9 Å². The molecule has 4 nitrogen and oxygen atoms in total. The van der Waals surface area contributed by atoms with Gasteiger partial charge in [-0.15, -0.1) is 0 Å². The number of halogens is 1. The van der Waals surface area contributed by atoms with Crippen LogP contribution in [-0.4, -0.2) is 27.1 Å². The van der Waals surface area contributed by atoms with E-state index in [1.807, 2.05) is 24.3 Å². The lowest BCUT2D eigenvalue weighted by atomic mass is 9.93. The Morgan fingerprint density at radius 3 is 2.16 bits per heavy atom. The SMILES string of the molecule is COc1cc(-c2ccc(F)cc2)c(OC)c(C=O)c1-c1ccc(OCCC=C(C)C)cc1. The number of hydrogen-bond donors (Lipinski definition) is 0. The summed E-state index contributed by atoms with van der Waals surface area (Å²) in [5, 5.41) is 0. The topological polar surface area (TPSA) is 44.8 Å². The Balaban J connectivity index is 2.01. The van der Waals surface area contributed by atoms with E-state index in [0.717, 1.165) is 29.6 Å². The summed E-state index contributed by atoms with van der Waals surface area (Å²) < 4.78 is 30.4. The molecule has 0 saturated carbocycles. The molecule has 0 N–H and O–H groups in total. The molecule has 3 aromatic rings. The summed E-state index contributed by atoms with van der Waals surface area (Å²) in [5.41, 5.74) is 4.41. The van der Waals surface area contributed by atoms with Crippen molar-refractivity contribution in [3.63, 3.8) is 0 Å². The molecule has 166 valence electrons.